The lowest BCUT2D eigenvalue weighted by Crippen LogP contribution is -2.65. The molecule has 0 aromatic heterocycles. The van der Waals surface area contributed by atoms with Gasteiger partial charge in [0.1, 0.15) is 0 Å². The Morgan fingerprint density at radius 1 is 0.824 bits per heavy atom. The molecule has 4 heterocycles. The van der Waals surface area contributed by atoms with Gasteiger partial charge in [0.15, 0.2) is 0 Å². The van der Waals surface area contributed by atoms with Crippen molar-refractivity contribution in [3.8, 4) is 0 Å². The Morgan fingerprint density at radius 2 is 1.47 bits per heavy atom. The first kappa shape index (κ1) is 26.9. The highest BCUT2D eigenvalue weighted by Crippen LogP contribution is 2.54. The van der Waals surface area contributed by atoms with Gasteiger partial charge in [-0.15, -0.1) is 0 Å². The van der Waals surface area contributed by atoms with Gasteiger partial charge in [0.05, 0.1) is 6.61 Å². The van der Waals surface area contributed by atoms with Gasteiger partial charge in [-0.25, -0.2) is 0 Å². The zero-order chi connectivity index (χ0) is 24.8. The number of hydrogen-bond acceptors (Lipinski definition) is 5. The van der Waals surface area contributed by atoms with E-state index in [0.29, 0.717) is 16.9 Å². The van der Waals surface area contributed by atoms with E-state index in [-0.39, 0.29) is 11.1 Å². The van der Waals surface area contributed by atoms with Crippen molar-refractivity contribution in [1.29, 1.82) is 0 Å². The Balaban J connectivity index is 1.66. The fourth-order valence-corrected chi connectivity index (χ4v) is 8.03. The molecule has 0 aromatic rings. The largest absolute Gasteiger partial charge is 0.383 e. The molecule has 4 aliphatic rings. The van der Waals surface area contributed by atoms with Gasteiger partial charge < -0.3 is 14.5 Å². The molecule has 2 spiro atoms. The van der Waals surface area contributed by atoms with Crippen molar-refractivity contribution in [2.75, 3.05) is 73.1 Å². The summed E-state index contributed by atoms with van der Waals surface area (Å²) in [5.41, 5.74) is 1.52. The summed E-state index contributed by atoms with van der Waals surface area (Å²) in [6, 6.07) is 0.699. The van der Waals surface area contributed by atoms with Crippen LogP contribution in [0.15, 0.2) is 0 Å². The van der Waals surface area contributed by atoms with Gasteiger partial charge in [-0.2, -0.15) is 0 Å². The summed E-state index contributed by atoms with van der Waals surface area (Å²) in [6.45, 7) is 25.6. The minimum Gasteiger partial charge on any atom is -0.383 e. The van der Waals surface area contributed by atoms with E-state index >= 15 is 0 Å². The number of rotatable bonds is 4. The molecular weight excluding hydrogens is 420 g/mol. The summed E-state index contributed by atoms with van der Waals surface area (Å²) in [4.78, 5) is 11.1. The molecule has 3 atom stereocenters. The Hall–Kier alpha value is -0.200. The summed E-state index contributed by atoms with van der Waals surface area (Å²) in [7, 11) is 4.17. The van der Waals surface area contributed by atoms with Gasteiger partial charge in [0.25, 0.3) is 0 Å². The third-order valence-electron chi connectivity index (χ3n) is 10.4. The second kappa shape index (κ2) is 9.93. The van der Waals surface area contributed by atoms with Gasteiger partial charge in [-0.1, -0.05) is 0 Å². The highest BCUT2D eigenvalue weighted by molar-refractivity contribution is 5.09. The number of hydrogen-bond donors (Lipinski definition) is 0. The fourth-order valence-electron chi connectivity index (χ4n) is 8.03. The lowest BCUT2D eigenvalue weighted by Gasteiger charge is -2.60. The van der Waals surface area contributed by atoms with Crippen molar-refractivity contribution < 1.29 is 4.74 Å². The minimum atomic E-state index is 0.233. The highest BCUT2D eigenvalue weighted by Gasteiger charge is 2.55. The van der Waals surface area contributed by atoms with E-state index in [4.69, 9.17) is 4.74 Å². The number of piperidine rings is 3. The van der Waals surface area contributed by atoms with E-state index in [9.17, 15) is 0 Å². The average molecular weight is 477 g/mol. The molecule has 0 radical (unpaired) electrons. The lowest BCUT2D eigenvalue weighted by molar-refractivity contribution is -0.108. The maximum atomic E-state index is 5.47. The smallest absolute Gasteiger partial charge is 0.0589 e. The molecule has 3 unspecified atom stereocenters. The Labute approximate surface area is 211 Å². The SMILES string of the molecule is COCCN1CCC2(CCN(C(C)(C)C)CC2C2CC3(CCN(C)CC3)CCN2C(C)(C)C)C1. The number of likely N-dealkylation sites (tertiary alicyclic amines) is 4. The molecule has 34 heavy (non-hydrogen) atoms. The predicted molar refractivity (Wildman–Crippen MR) is 143 cm³/mol. The topological polar surface area (TPSA) is 22.2 Å². The maximum absolute atomic E-state index is 5.47. The van der Waals surface area contributed by atoms with Crippen molar-refractivity contribution in [2.45, 2.75) is 97.2 Å². The standard InChI is InChI=1S/C29H56N4O/c1-26(2,3)32-17-13-29(12-16-31(23-29)19-20-34-8)24(22-32)25-21-28(9-14-30(7)15-10-28)11-18-33(25)27(4,5)6/h24-25H,9-23H2,1-8H3. The Morgan fingerprint density at radius 3 is 2.09 bits per heavy atom. The minimum absolute atomic E-state index is 0.233. The predicted octanol–water partition coefficient (Wildman–Crippen LogP) is 4.42. The van der Waals surface area contributed by atoms with Crippen LogP contribution in [0, 0.1) is 16.7 Å². The third-order valence-corrected chi connectivity index (χ3v) is 10.4. The molecule has 4 rings (SSSR count). The monoisotopic (exact) mass is 476 g/mol. The molecule has 4 saturated heterocycles. The molecule has 5 nitrogen and oxygen atoms in total. The number of nitrogens with zero attached hydrogens (tertiary/aromatic N) is 4. The first-order valence-electron chi connectivity index (χ1n) is 14.3. The van der Waals surface area contributed by atoms with E-state index in [0.717, 1.165) is 19.1 Å². The zero-order valence-electron chi connectivity index (χ0n) is 24.0. The Bertz CT molecular complexity index is 675. The van der Waals surface area contributed by atoms with Crippen LogP contribution in [-0.2, 0) is 4.74 Å². The number of ether oxygens (including phenoxy) is 1. The lowest BCUT2D eigenvalue weighted by atomic mass is 9.59. The molecule has 0 bridgehead atoms. The number of methoxy groups -OCH3 is 1. The summed E-state index contributed by atoms with van der Waals surface area (Å²) >= 11 is 0. The van der Waals surface area contributed by atoms with Crippen LogP contribution < -0.4 is 0 Å². The zero-order valence-corrected chi connectivity index (χ0v) is 24.0. The van der Waals surface area contributed by atoms with Crippen molar-refractivity contribution in [1.82, 2.24) is 19.6 Å². The maximum Gasteiger partial charge on any atom is 0.0589 e. The van der Waals surface area contributed by atoms with Crippen molar-refractivity contribution >= 4 is 0 Å². The second-order valence-corrected chi connectivity index (χ2v) is 14.5. The van der Waals surface area contributed by atoms with Crippen molar-refractivity contribution in [3.63, 3.8) is 0 Å². The van der Waals surface area contributed by atoms with Gasteiger partial charge in [0, 0.05) is 43.9 Å². The second-order valence-electron chi connectivity index (χ2n) is 14.5. The average Bonchev–Trinajstić information content (AvgIpc) is 3.16. The van der Waals surface area contributed by atoms with Gasteiger partial charge >= 0.3 is 0 Å². The van der Waals surface area contributed by atoms with Crippen molar-refractivity contribution in [3.05, 3.63) is 0 Å². The van der Waals surface area contributed by atoms with Crippen LogP contribution in [0.5, 0.6) is 0 Å². The molecule has 4 aliphatic heterocycles. The van der Waals surface area contributed by atoms with Crippen LogP contribution in [0.1, 0.15) is 80.1 Å². The van der Waals surface area contributed by atoms with Crippen LogP contribution in [0.3, 0.4) is 0 Å². The summed E-state index contributed by atoms with van der Waals surface area (Å²) in [5, 5.41) is 0. The molecule has 0 aromatic carbocycles. The first-order chi connectivity index (χ1) is 15.9. The third kappa shape index (κ3) is 5.54. The summed E-state index contributed by atoms with van der Waals surface area (Å²) in [5.74, 6) is 0.754. The fraction of sp³-hybridized carbons (Fsp3) is 1.00. The van der Waals surface area contributed by atoms with Gasteiger partial charge in [-0.3, -0.25) is 9.80 Å². The molecule has 0 N–H and O–H groups in total. The van der Waals surface area contributed by atoms with Crippen LogP contribution in [0.2, 0.25) is 0 Å². The van der Waals surface area contributed by atoms with E-state index in [1.54, 1.807) is 0 Å². The van der Waals surface area contributed by atoms with Gasteiger partial charge in [-0.05, 0) is 137 Å². The van der Waals surface area contributed by atoms with E-state index in [1.165, 1.54) is 84.3 Å². The summed E-state index contributed by atoms with van der Waals surface area (Å²) < 4.78 is 5.47. The first-order valence-corrected chi connectivity index (χ1v) is 14.3. The van der Waals surface area contributed by atoms with Crippen LogP contribution >= 0.6 is 0 Å². The molecule has 198 valence electrons. The highest BCUT2D eigenvalue weighted by atomic mass is 16.5. The quantitative estimate of drug-likeness (QED) is 0.597. The van der Waals surface area contributed by atoms with E-state index < -0.39 is 0 Å². The van der Waals surface area contributed by atoms with Crippen LogP contribution in [0.25, 0.3) is 0 Å². The van der Waals surface area contributed by atoms with Crippen molar-refractivity contribution in [2.24, 2.45) is 16.7 Å². The van der Waals surface area contributed by atoms with E-state index in [2.05, 4.69) is 68.2 Å². The molecular formula is C29H56N4O. The van der Waals surface area contributed by atoms with E-state index in [1.807, 2.05) is 7.11 Å². The van der Waals surface area contributed by atoms with Crippen LogP contribution in [0.4, 0.5) is 0 Å². The van der Waals surface area contributed by atoms with Crippen LogP contribution in [-0.4, -0.2) is 110 Å². The Kier molecular flexibility index (Phi) is 7.84. The molecule has 0 amide bonds. The molecule has 4 fully saturated rings. The molecule has 0 aliphatic carbocycles. The summed E-state index contributed by atoms with van der Waals surface area (Å²) in [6.07, 6.45) is 8.37. The van der Waals surface area contributed by atoms with Gasteiger partial charge in [0.2, 0.25) is 0 Å². The molecule has 5 heteroatoms. The normalized spacial score (nSPS) is 34.9. The molecule has 0 saturated carbocycles.